The molecule has 0 spiro atoms. The topological polar surface area (TPSA) is 151 Å². The normalized spacial score (nSPS) is 19.5. The number of hydrogen-bond acceptors (Lipinski definition) is 8. The lowest BCUT2D eigenvalue weighted by Gasteiger charge is -2.37. The summed E-state index contributed by atoms with van der Waals surface area (Å²) in [6.45, 7) is 26.6. The van der Waals surface area contributed by atoms with Gasteiger partial charge in [0.2, 0.25) is 0 Å². The SMILES string of the molecule is C=C(NC(=O)C(=C)N1Cc2c(cccc2C2CCC(C(C)(C)C)CC2)C1=O)C(=O)OC.C=C(NC(=O)C(=C)N1Cc2c(cccc2C2CCC(C)(C)CC2)C1=O)C(=O)OC.[HH].[HH]. The van der Waals surface area contributed by atoms with Crippen LogP contribution in [0.1, 0.15) is 144 Å². The summed E-state index contributed by atoms with van der Waals surface area (Å²) in [6, 6.07) is 11.7. The van der Waals surface area contributed by atoms with Crippen LogP contribution in [0.5, 0.6) is 0 Å². The van der Waals surface area contributed by atoms with E-state index in [0.29, 0.717) is 52.8 Å². The Hall–Kier alpha value is -5.78. The summed E-state index contributed by atoms with van der Waals surface area (Å²) in [6.07, 6.45) is 9.07. The number of ether oxygens (including phenoxy) is 2. The molecule has 0 bridgehead atoms. The van der Waals surface area contributed by atoms with Gasteiger partial charge in [-0.15, -0.1) is 0 Å². The van der Waals surface area contributed by atoms with E-state index in [0.717, 1.165) is 49.7 Å². The summed E-state index contributed by atoms with van der Waals surface area (Å²) in [5.74, 6) is -1.73. The number of esters is 2. The van der Waals surface area contributed by atoms with Crippen LogP contribution in [-0.2, 0) is 41.7 Å². The standard InChI is InChI=1S/C25H32N2O4.C23H28N2O4.2H2/c1-15(24(30)31-6)26-22(28)16(2)27-14-21-19(8-7-9-20(21)23(27)29)17-10-12-18(13-11-17)25(3,4)5;1-14(22(28)29-5)24-20(26)15(2)25-13-19-17(7-6-8-18(19)21(25)27)16-9-11-23(3,4)12-10-16;;/h7-9,17-18H,1-2,10-14H2,3-6H3,(H,26,28);6-8,16H,1-2,9-13H2,3-5H3,(H,24,26);2*1H. The number of rotatable bonds is 10. The van der Waals surface area contributed by atoms with E-state index in [1.165, 1.54) is 48.0 Å². The molecule has 2 saturated carbocycles. The number of nitrogens with zero attached hydrogens (tertiary/aromatic N) is 2. The fourth-order valence-electron chi connectivity index (χ4n) is 8.91. The fraction of sp³-hybridized carbons (Fsp3) is 0.458. The molecule has 2 aromatic rings. The van der Waals surface area contributed by atoms with Gasteiger partial charge in [0.05, 0.1) is 27.3 Å². The Kier molecular flexibility index (Phi) is 13.8. The first kappa shape index (κ1) is 45.3. The summed E-state index contributed by atoms with van der Waals surface area (Å²) < 4.78 is 9.06. The number of amides is 4. The van der Waals surface area contributed by atoms with Crippen LogP contribution in [-0.4, -0.2) is 59.6 Å². The van der Waals surface area contributed by atoms with Crippen LogP contribution in [0.3, 0.4) is 0 Å². The number of nitrogens with one attached hydrogen (secondary N) is 2. The van der Waals surface area contributed by atoms with Gasteiger partial charge in [-0.3, -0.25) is 29.0 Å². The van der Waals surface area contributed by atoms with Crippen LogP contribution >= 0.6 is 0 Å². The maximum absolute atomic E-state index is 13.0. The van der Waals surface area contributed by atoms with Crippen LogP contribution in [0.15, 0.2) is 85.5 Å². The number of benzene rings is 2. The third kappa shape index (κ3) is 9.80. The van der Waals surface area contributed by atoms with Crippen molar-refractivity contribution in [1.82, 2.24) is 20.4 Å². The summed E-state index contributed by atoms with van der Waals surface area (Å²) in [5.41, 5.74) is 5.83. The van der Waals surface area contributed by atoms with Crippen molar-refractivity contribution < 1.29 is 41.1 Å². The summed E-state index contributed by atoms with van der Waals surface area (Å²) in [5, 5.41) is 4.69. The molecule has 60 heavy (non-hydrogen) atoms. The molecule has 2 N–H and O–H groups in total. The van der Waals surface area contributed by atoms with E-state index in [1.807, 2.05) is 12.1 Å². The maximum Gasteiger partial charge on any atom is 0.353 e. The minimum absolute atomic E-state index is 0. The number of fused-ring (bicyclic) bond motifs is 2. The molecule has 2 aliphatic heterocycles. The first-order chi connectivity index (χ1) is 28.2. The van der Waals surface area contributed by atoms with Crippen molar-refractivity contribution in [2.45, 2.75) is 111 Å². The molecule has 12 nitrogen and oxygen atoms in total. The molecule has 4 aliphatic rings. The molecule has 0 radical (unpaired) electrons. The van der Waals surface area contributed by atoms with E-state index in [1.54, 1.807) is 12.1 Å². The lowest BCUT2D eigenvalue weighted by atomic mass is 9.68. The molecule has 2 aliphatic carbocycles. The van der Waals surface area contributed by atoms with Crippen molar-refractivity contribution in [2.75, 3.05) is 14.2 Å². The zero-order valence-electron chi connectivity index (χ0n) is 36.3. The largest absolute Gasteiger partial charge is 0.464 e. The van der Waals surface area contributed by atoms with Gasteiger partial charge in [-0.25, -0.2) is 9.59 Å². The molecular weight excluding hydrogens is 761 g/mol. The van der Waals surface area contributed by atoms with Gasteiger partial charge in [0, 0.05) is 14.0 Å². The molecular formula is C48H64N4O8. The molecule has 2 aromatic carbocycles. The molecule has 324 valence electrons. The first-order valence-corrected chi connectivity index (χ1v) is 20.6. The minimum atomic E-state index is -0.746. The zero-order valence-corrected chi connectivity index (χ0v) is 36.3. The average Bonchev–Trinajstić information content (AvgIpc) is 3.75. The predicted octanol–water partition coefficient (Wildman–Crippen LogP) is 8.41. The van der Waals surface area contributed by atoms with Gasteiger partial charge in [-0.1, -0.05) is 85.2 Å². The van der Waals surface area contributed by atoms with Gasteiger partial charge in [0.15, 0.2) is 0 Å². The molecule has 0 saturated heterocycles. The third-order valence-corrected chi connectivity index (χ3v) is 12.7. The average molecular weight is 825 g/mol. The lowest BCUT2D eigenvalue weighted by Crippen LogP contribution is -2.36. The monoisotopic (exact) mass is 824 g/mol. The number of carbonyl (C=O) groups is 6. The van der Waals surface area contributed by atoms with Gasteiger partial charge in [-0.05, 0) is 114 Å². The molecule has 6 rings (SSSR count). The Bertz CT molecular complexity index is 2140. The van der Waals surface area contributed by atoms with Gasteiger partial charge in [0.1, 0.15) is 22.8 Å². The summed E-state index contributed by atoms with van der Waals surface area (Å²) in [4.78, 5) is 76.6. The van der Waals surface area contributed by atoms with Gasteiger partial charge >= 0.3 is 11.9 Å². The van der Waals surface area contributed by atoms with Gasteiger partial charge in [0.25, 0.3) is 23.6 Å². The van der Waals surface area contributed by atoms with Crippen molar-refractivity contribution in [1.29, 1.82) is 0 Å². The minimum Gasteiger partial charge on any atom is -0.464 e. The van der Waals surface area contributed by atoms with Gasteiger partial charge in [-0.2, -0.15) is 0 Å². The van der Waals surface area contributed by atoms with Crippen LogP contribution in [0.2, 0.25) is 0 Å². The van der Waals surface area contributed by atoms with Crippen molar-refractivity contribution in [2.24, 2.45) is 16.7 Å². The molecule has 2 heterocycles. The molecule has 4 amide bonds. The van der Waals surface area contributed by atoms with E-state index < -0.39 is 23.8 Å². The van der Waals surface area contributed by atoms with Crippen molar-refractivity contribution >= 4 is 35.6 Å². The molecule has 0 unspecified atom stereocenters. The quantitative estimate of drug-likeness (QED) is 0.179. The van der Waals surface area contributed by atoms with E-state index in [2.05, 4.69) is 93.2 Å². The van der Waals surface area contributed by atoms with Crippen LogP contribution < -0.4 is 10.6 Å². The Morgan fingerprint density at radius 3 is 1.42 bits per heavy atom. The molecule has 2 fully saturated rings. The molecule has 0 aromatic heterocycles. The Labute approximate surface area is 357 Å². The number of methoxy groups -OCH3 is 2. The lowest BCUT2D eigenvalue weighted by molar-refractivity contribution is -0.138. The molecule has 0 atom stereocenters. The smallest absolute Gasteiger partial charge is 0.353 e. The highest BCUT2D eigenvalue weighted by Crippen LogP contribution is 2.46. The second-order valence-electron chi connectivity index (χ2n) is 18.1. The third-order valence-electron chi connectivity index (χ3n) is 12.7. The first-order valence-electron chi connectivity index (χ1n) is 20.6. The van der Waals surface area contributed by atoms with Crippen LogP contribution in [0.25, 0.3) is 0 Å². The van der Waals surface area contributed by atoms with Gasteiger partial charge < -0.3 is 20.1 Å². The summed E-state index contributed by atoms with van der Waals surface area (Å²) in [7, 11) is 2.40. The molecule has 12 heteroatoms. The van der Waals surface area contributed by atoms with E-state index >= 15 is 0 Å². The Morgan fingerprint density at radius 2 is 1.05 bits per heavy atom. The number of carbonyl (C=O) groups excluding carboxylic acids is 6. The second-order valence-corrected chi connectivity index (χ2v) is 18.1. The Balaban J connectivity index is 0.000000321. The zero-order chi connectivity index (χ0) is 44.3. The highest BCUT2D eigenvalue weighted by atomic mass is 16.5. The van der Waals surface area contributed by atoms with Crippen molar-refractivity contribution in [3.63, 3.8) is 0 Å². The predicted molar refractivity (Wildman–Crippen MR) is 233 cm³/mol. The van der Waals surface area contributed by atoms with Crippen molar-refractivity contribution in [3.8, 4) is 0 Å². The highest BCUT2D eigenvalue weighted by molar-refractivity contribution is 6.08. The second kappa shape index (κ2) is 18.2. The van der Waals surface area contributed by atoms with Crippen molar-refractivity contribution in [3.05, 3.63) is 119 Å². The number of hydrogen-bond donors (Lipinski definition) is 2. The van der Waals surface area contributed by atoms with E-state index in [4.69, 9.17) is 0 Å². The maximum atomic E-state index is 13.0. The fourth-order valence-corrected chi connectivity index (χ4v) is 8.91. The van der Waals surface area contributed by atoms with E-state index in [9.17, 15) is 28.8 Å². The Morgan fingerprint density at radius 1 is 0.667 bits per heavy atom. The highest BCUT2D eigenvalue weighted by Gasteiger charge is 2.38. The summed E-state index contributed by atoms with van der Waals surface area (Å²) >= 11 is 0. The van der Waals surface area contributed by atoms with Crippen LogP contribution in [0, 0.1) is 16.7 Å². The van der Waals surface area contributed by atoms with E-state index in [-0.39, 0.29) is 37.5 Å². The van der Waals surface area contributed by atoms with Crippen LogP contribution in [0.4, 0.5) is 0 Å².